The van der Waals surface area contributed by atoms with E-state index < -0.39 is 12.8 Å². The summed E-state index contributed by atoms with van der Waals surface area (Å²) in [4.78, 5) is 10.2. The summed E-state index contributed by atoms with van der Waals surface area (Å²) in [6, 6.07) is -0.266. The Morgan fingerprint density at radius 1 is 1.73 bits per heavy atom. The lowest BCUT2D eigenvalue weighted by Crippen LogP contribution is -2.40. The summed E-state index contributed by atoms with van der Waals surface area (Å²) in [6.45, 7) is 0.611. The van der Waals surface area contributed by atoms with Crippen molar-refractivity contribution in [1.82, 2.24) is 10.6 Å². The number of nitrogens with one attached hydrogen (secondary N) is 2. The molecule has 0 bridgehead atoms. The Morgan fingerprint density at radius 2 is 2.45 bits per heavy atom. The third kappa shape index (κ3) is 2.04. The molecular weight excluding hydrogens is 151 g/mol. The largest absolute Gasteiger partial charge is 0.465 e. The molecule has 1 heterocycles. The highest BCUT2D eigenvalue weighted by Crippen LogP contribution is 2.08. The van der Waals surface area contributed by atoms with Gasteiger partial charge in [0.1, 0.15) is 0 Å². The maximum atomic E-state index is 12.1. The van der Waals surface area contributed by atoms with Gasteiger partial charge in [0.2, 0.25) is 0 Å². The van der Waals surface area contributed by atoms with Crippen molar-refractivity contribution in [2.45, 2.75) is 6.04 Å². The third-order valence-electron chi connectivity index (χ3n) is 1.85. The fourth-order valence-corrected chi connectivity index (χ4v) is 1.22. The average Bonchev–Trinajstić information content (AvgIpc) is 2.34. The number of amides is 1. The van der Waals surface area contributed by atoms with Crippen LogP contribution in [0.25, 0.3) is 0 Å². The van der Waals surface area contributed by atoms with Crippen molar-refractivity contribution in [3.05, 3.63) is 0 Å². The first-order valence-electron chi connectivity index (χ1n) is 3.50. The molecule has 1 rings (SSSR count). The Hall–Kier alpha value is -0.840. The first-order chi connectivity index (χ1) is 5.24. The average molecular weight is 162 g/mol. The van der Waals surface area contributed by atoms with Crippen LogP contribution in [0.2, 0.25) is 0 Å². The first kappa shape index (κ1) is 8.26. The molecule has 0 spiro atoms. The minimum absolute atomic E-state index is 0.203. The van der Waals surface area contributed by atoms with Gasteiger partial charge in [0, 0.05) is 19.0 Å². The summed E-state index contributed by atoms with van der Waals surface area (Å²) >= 11 is 0. The molecule has 1 aliphatic heterocycles. The number of carbonyl (C=O) groups is 1. The van der Waals surface area contributed by atoms with Crippen LogP contribution in [0.1, 0.15) is 0 Å². The first-order valence-corrected chi connectivity index (χ1v) is 3.50. The Morgan fingerprint density at radius 3 is 3.00 bits per heavy atom. The lowest BCUT2D eigenvalue weighted by Gasteiger charge is -2.14. The Bertz CT molecular complexity index is 154. The van der Waals surface area contributed by atoms with Crippen molar-refractivity contribution in [3.63, 3.8) is 0 Å². The van der Waals surface area contributed by atoms with E-state index in [2.05, 4.69) is 10.6 Å². The Labute approximate surface area is 63.8 Å². The maximum absolute atomic E-state index is 12.1. The molecule has 1 aliphatic rings. The lowest BCUT2D eigenvalue weighted by atomic mass is 10.1. The summed E-state index contributed by atoms with van der Waals surface area (Å²) < 4.78 is 12.1. The highest BCUT2D eigenvalue weighted by Gasteiger charge is 2.27. The van der Waals surface area contributed by atoms with E-state index in [0.29, 0.717) is 13.1 Å². The number of carboxylic acid groups (broad SMARTS) is 1. The van der Waals surface area contributed by atoms with Gasteiger partial charge in [-0.05, 0) is 0 Å². The van der Waals surface area contributed by atoms with Crippen LogP contribution in [0.5, 0.6) is 0 Å². The van der Waals surface area contributed by atoms with E-state index >= 15 is 0 Å². The van der Waals surface area contributed by atoms with Gasteiger partial charge < -0.3 is 15.7 Å². The molecule has 1 saturated heterocycles. The minimum atomic E-state index is -1.09. The van der Waals surface area contributed by atoms with E-state index in [9.17, 15) is 9.18 Å². The van der Waals surface area contributed by atoms with E-state index in [1.54, 1.807) is 0 Å². The second kappa shape index (κ2) is 3.52. The predicted octanol–water partition coefficient (Wildman–Crippen LogP) is -0.189. The predicted molar refractivity (Wildman–Crippen MR) is 37.3 cm³/mol. The molecule has 0 radical (unpaired) electrons. The van der Waals surface area contributed by atoms with Gasteiger partial charge in [0.15, 0.2) is 0 Å². The molecule has 5 heteroatoms. The van der Waals surface area contributed by atoms with Crippen LogP contribution in [0, 0.1) is 5.92 Å². The van der Waals surface area contributed by atoms with Gasteiger partial charge >= 0.3 is 6.09 Å². The van der Waals surface area contributed by atoms with Gasteiger partial charge in [-0.3, -0.25) is 4.39 Å². The summed E-state index contributed by atoms with van der Waals surface area (Å²) in [7, 11) is 0. The van der Waals surface area contributed by atoms with Crippen LogP contribution in [0.3, 0.4) is 0 Å². The van der Waals surface area contributed by atoms with Gasteiger partial charge in [-0.15, -0.1) is 0 Å². The highest BCUT2D eigenvalue weighted by molar-refractivity contribution is 5.65. The molecule has 0 aromatic rings. The molecule has 11 heavy (non-hydrogen) atoms. The van der Waals surface area contributed by atoms with Gasteiger partial charge in [-0.1, -0.05) is 0 Å². The zero-order chi connectivity index (χ0) is 8.27. The van der Waals surface area contributed by atoms with Gasteiger partial charge in [0.25, 0.3) is 0 Å². The van der Waals surface area contributed by atoms with E-state index in [1.165, 1.54) is 0 Å². The summed E-state index contributed by atoms with van der Waals surface area (Å²) in [5, 5.41) is 13.5. The summed E-state index contributed by atoms with van der Waals surface area (Å²) in [6.07, 6.45) is -1.09. The molecule has 1 amide bonds. The van der Waals surface area contributed by atoms with Crippen molar-refractivity contribution < 1.29 is 14.3 Å². The zero-order valence-electron chi connectivity index (χ0n) is 6.01. The maximum Gasteiger partial charge on any atom is 0.404 e. The normalized spacial score (nSPS) is 30.3. The standard InChI is InChI=1S/C6H11FN2O2/c7-1-4-2-8-3-5(4)9-6(10)11/h4-5,8-9H,1-3H2,(H,10,11)/t4-,5-/m1/s1. The van der Waals surface area contributed by atoms with E-state index in [1.807, 2.05) is 0 Å². The summed E-state index contributed by atoms with van der Waals surface area (Å²) in [5.74, 6) is -0.203. The van der Waals surface area contributed by atoms with Crippen molar-refractivity contribution in [2.24, 2.45) is 5.92 Å². The minimum Gasteiger partial charge on any atom is -0.465 e. The van der Waals surface area contributed by atoms with E-state index in [-0.39, 0.29) is 12.0 Å². The Kier molecular flexibility index (Phi) is 2.64. The van der Waals surface area contributed by atoms with Crippen LogP contribution in [-0.4, -0.2) is 37.0 Å². The topological polar surface area (TPSA) is 61.4 Å². The smallest absolute Gasteiger partial charge is 0.404 e. The molecule has 0 aliphatic carbocycles. The van der Waals surface area contributed by atoms with E-state index in [0.717, 1.165) is 0 Å². The third-order valence-corrected chi connectivity index (χ3v) is 1.85. The van der Waals surface area contributed by atoms with Gasteiger partial charge in [-0.25, -0.2) is 4.79 Å². The molecule has 0 saturated carbocycles. The number of hydrogen-bond donors (Lipinski definition) is 3. The second-order valence-electron chi connectivity index (χ2n) is 2.63. The lowest BCUT2D eigenvalue weighted by molar-refractivity contribution is 0.186. The molecule has 4 nitrogen and oxygen atoms in total. The van der Waals surface area contributed by atoms with Crippen LogP contribution >= 0.6 is 0 Å². The fraction of sp³-hybridized carbons (Fsp3) is 0.833. The molecule has 3 N–H and O–H groups in total. The molecule has 0 unspecified atom stereocenters. The molecule has 1 fully saturated rings. The number of alkyl halides is 1. The second-order valence-corrected chi connectivity index (χ2v) is 2.63. The van der Waals surface area contributed by atoms with E-state index in [4.69, 9.17) is 5.11 Å². The van der Waals surface area contributed by atoms with Crippen LogP contribution in [-0.2, 0) is 0 Å². The fourth-order valence-electron chi connectivity index (χ4n) is 1.22. The zero-order valence-corrected chi connectivity index (χ0v) is 6.01. The Balaban J connectivity index is 2.37. The molecular formula is C6H11FN2O2. The van der Waals surface area contributed by atoms with Crippen LogP contribution in [0.4, 0.5) is 9.18 Å². The molecule has 2 atom stereocenters. The summed E-state index contributed by atoms with van der Waals surface area (Å²) in [5.41, 5.74) is 0. The van der Waals surface area contributed by atoms with Gasteiger partial charge in [0.05, 0.1) is 12.7 Å². The van der Waals surface area contributed by atoms with Crippen LogP contribution < -0.4 is 10.6 Å². The van der Waals surface area contributed by atoms with Crippen molar-refractivity contribution in [2.75, 3.05) is 19.8 Å². The molecule has 0 aromatic carbocycles. The van der Waals surface area contributed by atoms with Crippen LogP contribution in [0.15, 0.2) is 0 Å². The number of hydrogen-bond acceptors (Lipinski definition) is 2. The highest BCUT2D eigenvalue weighted by atomic mass is 19.1. The van der Waals surface area contributed by atoms with Crippen molar-refractivity contribution in [3.8, 4) is 0 Å². The quantitative estimate of drug-likeness (QED) is 0.527. The molecule has 0 aromatic heterocycles. The monoisotopic (exact) mass is 162 g/mol. The number of halogens is 1. The van der Waals surface area contributed by atoms with Crippen molar-refractivity contribution in [1.29, 1.82) is 0 Å². The van der Waals surface area contributed by atoms with Gasteiger partial charge in [-0.2, -0.15) is 0 Å². The number of rotatable bonds is 2. The SMILES string of the molecule is O=C(O)N[C@@H]1CNC[C@H]1CF. The molecule has 64 valence electrons. The van der Waals surface area contributed by atoms with Crippen molar-refractivity contribution >= 4 is 6.09 Å².